The van der Waals surface area contributed by atoms with Crippen molar-refractivity contribution >= 4 is 39.0 Å². The number of hydrogen-bond donors (Lipinski definition) is 0. The third kappa shape index (κ3) is 5.37. The van der Waals surface area contributed by atoms with Gasteiger partial charge in [0.25, 0.3) is 5.22 Å². The minimum absolute atomic E-state index is 0.0859. The van der Waals surface area contributed by atoms with Crippen molar-refractivity contribution in [3.05, 3.63) is 51.8 Å². The maximum Gasteiger partial charge on any atom is 0.277 e. The molecule has 1 aliphatic rings. The molecule has 2 aromatic heterocycles. The van der Waals surface area contributed by atoms with E-state index >= 15 is 0 Å². The van der Waals surface area contributed by atoms with Gasteiger partial charge in [0.15, 0.2) is 0 Å². The average molecular weight is 494 g/mol. The molecule has 1 aliphatic heterocycles. The Labute approximate surface area is 194 Å². The number of thiazole rings is 1. The third-order valence-electron chi connectivity index (χ3n) is 5.02. The van der Waals surface area contributed by atoms with Crippen molar-refractivity contribution in [1.29, 1.82) is 0 Å². The number of hydrogen-bond acceptors (Lipinski definition) is 9. The van der Waals surface area contributed by atoms with E-state index in [2.05, 4.69) is 15.2 Å². The first kappa shape index (κ1) is 22.9. The van der Waals surface area contributed by atoms with Crippen LogP contribution >= 0.6 is 23.1 Å². The number of aromatic nitrogens is 3. The SMILES string of the molecule is Cc1ccc(S(=O)(=O)N2CCN(C(=O)CSc3nnc(Cc4csc(C)n4)o3)CC2)cc1. The molecule has 3 aromatic rings. The first-order valence-electron chi connectivity index (χ1n) is 10.0. The van der Waals surface area contributed by atoms with Crippen LogP contribution in [0.4, 0.5) is 0 Å². The number of sulfonamides is 1. The van der Waals surface area contributed by atoms with Gasteiger partial charge in [0.1, 0.15) is 0 Å². The third-order valence-corrected chi connectivity index (χ3v) is 8.55. The van der Waals surface area contributed by atoms with Crippen molar-refractivity contribution in [2.45, 2.75) is 30.4 Å². The van der Waals surface area contributed by atoms with E-state index < -0.39 is 10.0 Å². The van der Waals surface area contributed by atoms with E-state index in [1.54, 1.807) is 40.5 Å². The molecule has 0 spiro atoms. The van der Waals surface area contributed by atoms with Crippen LogP contribution in [-0.4, -0.2) is 70.6 Å². The standard InChI is InChI=1S/C20H23N5O4S3/c1-14-3-5-17(6-4-14)32(27,28)25-9-7-24(8-10-25)19(26)13-31-20-23-22-18(29-20)11-16-12-30-15(2)21-16/h3-6,12H,7-11,13H2,1-2H3. The maximum absolute atomic E-state index is 12.8. The zero-order valence-corrected chi connectivity index (χ0v) is 20.2. The molecule has 0 N–H and O–H groups in total. The molecule has 0 atom stereocenters. The highest BCUT2D eigenvalue weighted by Gasteiger charge is 2.30. The normalized spacial score (nSPS) is 15.2. The number of benzene rings is 1. The van der Waals surface area contributed by atoms with Crippen molar-refractivity contribution < 1.29 is 17.6 Å². The first-order chi connectivity index (χ1) is 15.3. The number of thioether (sulfide) groups is 1. The average Bonchev–Trinajstić information content (AvgIpc) is 3.41. The summed E-state index contributed by atoms with van der Waals surface area (Å²) >= 11 is 2.75. The Balaban J connectivity index is 1.26. The van der Waals surface area contributed by atoms with Gasteiger partial charge in [-0.2, -0.15) is 4.31 Å². The van der Waals surface area contributed by atoms with Crippen LogP contribution in [0.15, 0.2) is 44.2 Å². The first-order valence-corrected chi connectivity index (χ1v) is 13.3. The molecule has 1 saturated heterocycles. The zero-order chi connectivity index (χ0) is 22.7. The molecule has 1 amide bonds. The van der Waals surface area contributed by atoms with Gasteiger partial charge in [0.05, 0.1) is 27.8 Å². The van der Waals surface area contributed by atoms with Gasteiger partial charge in [-0.3, -0.25) is 4.79 Å². The van der Waals surface area contributed by atoms with Crippen molar-refractivity contribution in [1.82, 2.24) is 24.4 Å². The molecule has 0 radical (unpaired) electrons. The van der Waals surface area contributed by atoms with Gasteiger partial charge in [0.2, 0.25) is 21.8 Å². The Kier molecular flexibility index (Phi) is 6.93. The summed E-state index contributed by atoms with van der Waals surface area (Å²) in [5.41, 5.74) is 1.88. The summed E-state index contributed by atoms with van der Waals surface area (Å²) in [6.45, 7) is 5.09. The Hall–Kier alpha value is -2.28. The molecule has 4 rings (SSSR count). The fraction of sp³-hybridized carbons (Fsp3) is 0.400. The fourth-order valence-corrected chi connectivity index (χ4v) is 5.98. The van der Waals surface area contributed by atoms with Crippen LogP contribution in [-0.2, 0) is 21.2 Å². The molecule has 3 heterocycles. The van der Waals surface area contributed by atoms with Crippen molar-refractivity contribution in [2.75, 3.05) is 31.9 Å². The number of carbonyl (C=O) groups is 1. The van der Waals surface area contributed by atoms with Crippen LogP contribution in [0.2, 0.25) is 0 Å². The van der Waals surface area contributed by atoms with Gasteiger partial charge in [-0.15, -0.1) is 21.5 Å². The van der Waals surface area contributed by atoms with Crippen LogP contribution in [0.3, 0.4) is 0 Å². The number of carbonyl (C=O) groups excluding carboxylic acids is 1. The molecular weight excluding hydrogens is 470 g/mol. The summed E-state index contributed by atoms with van der Waals surface area (Å²) in [5, 5.41) is 11.3. The lowest BCUT2D eigenvalue weighted by atomic mass is 10.2. The Morgan fingerprint density at radius 1 is 1.12 bits per heavy atom. The highest BCUT2D eigenvalue weighted by atomic mass is 32.2. The molecule has 1 aromatic carbocycles. The minimum Gasteiger partial charge on any atom is -0.416 e. The fourth-order valence-electron chi connectivity index (χ4n) is 3.26. The maximum atomic E-state index is 12.8. The molecule has 0 unspecified atom stereocenters. The van der Waals surface area contributed by atoms with Crippen LogP contribution in [0.1, 0.15) is 22.2 Å². The smallest absolute Gasteiger partial charge is 0.277 e. The number of piperazine rings is 1. The van der Waals surface area contributed by atoms with Gasteiger partial charge < -0.3 is 9.32 Å². The summed E-state index contributed by atoms with van der Waals surface area (Å²) in [6, 6.07) is 6.80. The number of nitrogens with zero attached hydrogens (tertiary/aromatic N) is 5. The Morgan fingerprint density at radius 2 is 1.84 bits per heavy atom. The summed E-state index contributed by atoms with van der Waals surface area (Å²) in [5.74, 6) is 0.528. The molecule has 9 nitrogen and oxygen atoms in total. The molecule has 32 heavy (non-hydrogen) atoms. The second kappa shape index (κ2) is 9.69. The van der Waals surface area contributed by atoms with Crippen LogP contribution in [0, 0.1) is 13.8 Å². The Morgan fingerprint density at radius 3 is 2.50 bits per heavy atom. The molecule has 12 heteroatoms. The van der Waals surface area contributed by atoms with Crippen molar-refractivity contribution in [2.24, 2.45) is 0 Å². The summed E-state index contributed by atoms with van der Waals surface area (Å²) < 4.78 is 32.6. The van der Waals surface area contributed by atoms with E-state index in [1.165, 1.54) is 16.1 Å². The van der Waals surface area contributed by atoms with Gasteiger partial charge in [-0.1, -0.05) is 29.5 Å². The quantitative estimate of drug-likeness (QED) is 0.462. The highest BCUT2D eigenvalue weighted by Crippen LogP contribution is 2.21. The largest absolute Gasteiger partial charge is 0.416 e. The summed E-state index contributed by atoms with van der Waals surface area (Å²) in [7, 11) is -3.55. The van der Waals surface area contributed by atoms with Gasteiger partial charge in [-0.25, -0.2) is 13.4 Å². The second-order valence-electron chi connectivity index (χ2n) is 7.38. The zero-order valence-electron chi connectivity index (χ0n) is 17.7. The van der Waals surface area contributed by atoms with E-state index in [4.69, 9.17) is 4.42 Å². The Bertz CT molecular complexity index is 1180. The molecule has 0 aliphatic carbocycles. The molecular formula is C20H23N5O4S3. The van der Waals surface area contributed by atoms with Crippen LogP contribution < -0.4 is 0 Å². The predicted octanol–water partition coefficient (Wildman–Crippen LogP) is 2.36. The lowest BCUT2D eigenvalue weighted by molar-refractivity contribution is -0.129. The topological polar surface area (TPSA) is 110 Å². The molecule has 0 bridgehead atoms. The molecule has 0 saturated carbocycles. The van der Waals surface area contributed by atoms with Gasteiger partial charge in [0, 0.05) is 31.6 Å². The van der Waals surface area contributed by atoms with E-state index in [0.717, 1.165) is 16.3 Å². The lowest BCUT2D eigenvalue weighted by Gasteiger charge is -2.34. The summed E-state index contributed by atoms with van der Waals surface area (Å²) in [4.78, 5) is 18.9. The van der Waals surface area contributed by atoms with Gasteiger partial charge in [-0.05, 0) is 26.0 Å². The second-order valence-corrected chi connectivity index (χ2v) is 11.3. The van der Waals surface area contributed by atoms with E-state index in [9.17, 15) is 13.2 Å². The van der Waals surface area contributed by atoms with Crippen LogP contribution in [0.25, 0.3) is 0 Å². The predicted molar refractivity (Wildman–Crippen MR) is 121 cm³/mol. The molecule has 1 fully saturated rings. The number of amides is 1. The number of rotatable bonds is 7. The van der Waals surface area contributed by atoms with Crippen LogP contribution in [0.5, 0.6) is 0 Å². The lowest BCUT2D eigenvalue weighted by Crippen LogP contribution is -2.50. The summed E-state index contributed by atoms with van der Waals surface area (Å²) in [6.07, 6.45) is 0.462. The van der Waals surface area contributed by atoms with E-state index in [-0.39, 0.29) is 29.6 Å². The minimum atomic E-state index is -3.55. The van der Waals surface area contributed by atoms with Gasteiger partial charge >= 0.3 is 0 Å². The highest BCUT2D eigenvalue weighted by molar-refractivity contribution is 7.99. The monoisotopic (exact) mass is 493 g/mol. The van der Waals surface area contributed by atoms with Crippen molar-refractivity contribution in [3.63, 3.8) is 0 Å². The van der Waals surface area contributed by atoms with E-state index in [1.807, 2.05) is 19.2 Å². The number of aryl methyl sites for hydroxylation is 2. The molecule has 170 valence electrons. The van der Waals surface area contributed by atoms with E-state index in [0.29, 0.717) is 30.6 Å². The van der Waals surface area contributed by atoms with Crippen molar-refractivity contribution in [3.8, 4) is 0 Å².